The van der Waals surface area contributed by atoms with Gasteiger partial charge < -0.3 is 37.3 Å². The van der Waals surface area contributed by atoms with Crippen molar-refractivity contribution in [1.29, 1.82) is 0 Å². The highest BCUT2D eigenvalue weighted by Gasteiger charge is 2.29. The molecule has 1 aliphatic carbocycles. The van der Waals surface area contributed by atoms with E-state index in [0.717, 1.165) is 50.0 Å². The van der Waals surface area contributed by atoms with Gasteiger partial charge in [0.25, 0.3) is 5.91 Å². The van der Waals surface area contributed by atoms with Gasteiger partial charge in [0.1, 0.15) is 17.3 Å². The van der Waals surface area contributed by atoms with Gasteiger partial charge in [0.15, 0.2) is 0 Å². The van der Waals surface area contributed by atoms with Gasteiger partial charge in [-0.3, -0.25) is 14.3 Å². The van der Waals surface area contributed by atoms with Crippen molar-refractivity contribution in [1.82, 2.24) is 15.1 Å². The van der Waals surface area contributed by atoms with Gasteiger partial charge in [-0.1, -0.05) is 12.1 Å². The molecule has 0 bridgehead atoms. The Kier molecular flexibility index (Phi) is 7.25. The van der Waals surface area contributed by atoms with Gasteiger partial charge in [-0.2, -0.15) is 5.10 Å². The summed E-state index contributed by atoms with van der Waals surface area (Å²) in [6.45, 7) is 1.44. The third-order valence-electron chi connectivity index (χ3n) is 6.04. The molecule has 2 amide bonds. The van der Waals surface area contributed by atoms with Gasteiger partial charge in [-0.05, 0) is 31.7 Å². The number of primary amides is 1. The van der Waals surface area contributed by atoms with Crippen LogP contribution < -0.4 is 32.6 Å². The van der Waals surface area contributed by atoms with E-state index in [9.17, 15) is 9.59 Å². The topological polar surface area (TPSA) is 173 Å². The number of aromatic nitrogens is 2. The van der Waals surface area contributed by atoms with Crippen LogP contribution in [0.3, 0.4) is 0 Å². The predicted octanol–water partition coefficient (Wildman–Crippen LogP) is 1.30. The maximum atomic E-state index is 12.1. The highest BCUT2D eigenvalue weighted by Crippen LogP contribution is 2.38. The van der Waals surface area contributed by atoms with Gasteiger partial charge in [0.05, 0.1) is 30.7 Å². The summed E-state index contributed by atoms with van der Waals surface area (Å²) < 4.78 is 13.1. The minimum atomic E-state index is -0.835. The lowest BCUT2D eigenvalue weighted by molar-refractivity contribution is -0.121. The maximum absolute atomic E-state index is 12.1. The van der Waals surface area contributed by atoms with Crippen molar-refractivity contribution in [2.75, 3.05) is 25.6 Å². The molecule has 0 atom stereocenters. The fourth-order valence-corrected chi connectivity index (χ4v) is 3.95. The Morgan fingerprint density at radius 2 is 1.91 bits per heavy atom. The molecular formula is C24H31N7O4. The lowest BCUT2D eigenvalue weighted by Crippen LogP contribution is -2.30. The van der Waals surface area contributed by atoms with Crippen molar-refractivity contribution in [2.45, 2.75) is 31.7 Å². The number of nitrogens with one attached hydrogen (secondary N) is 2. The van der Waals surface area contributed by atoms with Gasteiger partial charge >= 0.3 is 0 Å². The van der Waals surface area contributed by atoms with Crippen LogP contribution in [0.15, 0.2) is 53.9 Å². The quantitative estimate of drug-likeness (QED) is 0.263. The Bertz CT molecular complexity index is 1160. The Hall–Kier alpha value is -3.99. The third-order valence-corrected chi connectivity index (χ3v) is 6.04. The fraction of sp³-hybridized carbons (Fsp3) is 0.375. The second-order valence-corrected chi connectivity index (χ2v) is 8.62. The molecule has 2 fully saturated rings. The first-order valence-electron chi connectivity index (χ1n) is 11.5. The summed E-state index contributed by atoms with van der Waals surface area (Å²) in [6, 6.07) is 5.81. The van der Waals surface area contributed by atoms with E-state index >= 15 is 0 Å². The van der Waals surface area contributed by atoms with Gasteiger partial charge in [-0.25, -0.2) is 0 Å². The molecule has 1 saturated carbocycles. The maximum Gasteiger partial charge on any atom is 0.266 e. The smallest absolute Gasteiger partial charge is 0.266 e. The van der Waals surface area contributed by atoms with Crippen LogP contribution >= 0.6 is 0 Å². The number of ether oxygens (including phenoxy) is 2. The molecular weight excluding hydrogens is 450 g/mol. The number of rotatable bonds is 9. The Morgan fingerprint density at radius 3 is 2.57 bits per heavy atom. The number of allylic oxidation sites excluding steroid dienone is 1. The first-order chi connectivity index (χ1) is 16.9. The second kappa shape index (κ2) is 10.5. The molecule has 1 aliphatic heterocycles. The molecule has 0 spiro atoms. The monoisotopic (exact) mass is 481 g/mol. The molecule has 1 saturated heterocycles. The van der Waals surface area contributed by atoms with Crippen molar-refractivity contribution in [3.63, 3.8) is 0 Å². The number of anilines is 1. The summed E-state index contributed by atoms with van der Waals surface area (Å²) in [5, 5.41) is 10.3. The van der Waals surface area contributed by atoms with E-state index in [1.807, 2.05) is 23.0 Å². The number of para-hydroxylation sites is 1. The normalized spacial score (nSPS) is 17.5. The molecule has 0 radical (unpaired) electrons. The number of nitrogens with zero attached hydrogens (tertiary/aromatic N) is 2. The van der Waals surface area contributed by atoms with Crippen molar-refractivity contribution < 1.29 is 19.1 Å². The summed E-state index contributed by atoms with van der Waals surface area (Å²) in [7, 11) is 1.55. The Labute approximate surface area is 203 Å². The Morgan fingerprint density at radius 1 is 1.17 bits per heavy atom. The van der Waals surface area contributed by atoms with Gasteiger partial charge in [0, 0.05) is 42.5 Å². The number of benzene rings is 1. The summed E-state index contributed by atoms with van der Waals surface area (Å²) >= 11 is 0. The minimum absolute atomic E-state index is 0.0327. The highest BCUT2D eigenvalue weighted by atomic mass is 16.5. The van der Waals surface area contributed by atoms with E-state index in [1.165, 1.54) is 6.08 Å². The standard InChI is InChI=1S/C24H31N7O4/c1-34-22-17(15-12-28-31(13-15)16-7-9-35-10-8-16)3-2-4-18(22)29-19(21(26)23(27)32)11-20(25)30-24(33)14-5-6-14/h2-4,11-14,16,29H,5-10,25-26H2,1H3,(H2,27,32)(H,30,33)/b20-11+,21-19+. The van der Waals surface area contributed by atoms with Crippen molar-refractivity contribution in [2.24, 2.45) is 23.1 Å². The molecule has 8 N–H and O–H groups in total. The molecule has 11 nitrogen and oxygen atoms in total. The molecule has 1 aromatic heterocycles. The van der Waals surface area contributed by atoms with E-state index < -0.39 is 5.91 Å². The number of hydrogen-bond donors (Lipinski definition) is 5. The van der Waals surface area contributed by atoms with Crippen LogP contribution in [0.4, 0.5) is 5.69 Å². The zero-order valence-electron chi connectivity index (χ0n) is 19.6. The number of hydrogen-bond acceptors (Lipinski definition) is 8. The van der Waals surface area contributed by atoms with E-state index in [4.69, 9.17) is 26.7 Å². The fourth-order valence-electron chi connectivity index (χ4n) is 3.95. The average Bonchev–Trinajstić information content (AvgIpc) is 3.60. The molecule has 2 heterocycles. The van der Waals surface area contributed by atoms with Crippen molar-refractivity contribution in [3.05, 3.63) is 53.9 Å². The van der Waals surface area contributed by atoms with Crippen LogP contribution in [0, 0.1) is 5.92 Å². The Balaban J connectivity index is 1.62. The van der Waals surface area contributed by atoms with E-state index in [0.29, 0.717) is 11.4 Å². The third kappa shape index (κ3) is 5.75. The zero-order chi connectivity index (χ0) is 24.9. The van der Waals surface area contributed by atoms with Gasteiger partial charge in [0.2, 0.25) is 5.91 Å². The molecule has 11 heteroatoms. The largest absolute Gasteiger partial charge is 0.494 e. The first kappa shape index (κ1) is 24.1. The van der Waals surface area contributed by atoms with E-state index in [-0.39, 0.29) is 35.1 Å². The average molecular weight is 482 g/mol. The molecule has 2 aromatic rings. The van der Waals surface area contributed by atoms with Crippen LogP contribution in [-0.2, 0) is 14.3 Å². The minimum Gasteiger partial charge on any atom is -0.494 e. The van der Waals surface area contributed by atoms with Crippen LogP contribution in [0.2, 0.25) is 0 Å². The summed E-state index contributed by atoms with van der Waals surface area (Å²) in [5.41, 5.74) is 19.5. The number of amides is 2. The highest BCUT2D eigenvalue weighted by molar-refractivity contribution is 5.93. The number of carbonyl (C=O) groups is 2. The summed E-state index contributed by atoms with van der Waals surface area (Å²) in [5.74, 6) is -0.478. The second-order valence-electron chi connectivity index (χ2n) is 8.62. The van der Waals surface area contributed by atoms with Crippen molar-refractivity contribution >= 4 is 17.5 Å². The molecule has 186 valence electrons. The van der Waals surface area contributed by atoms with Gasteiger partial charge in [-0.15, -0.1) is 0 Å². The molecule has 35 heavy (non-hydrogen) atoms. The van der Waals surface area contributed by atoms with E-state index in [1.54, 1.807) is 19.4 Å². The SMILES string of the molecule is COc1c(NC(/C=C(\N)NC(=O)C2CC2)=C(/N)C(N)=O)cccc1-c1cnn(C2CCOCC2)c1. The number of carbonyl (C=O) groups excluding carboxylic acids is 2. The lowest BCUT2D eigenvalue weighted by Gasteiger charge is -2.22. The predicted molar refractivity (Wildman–Crippen MR) is 130 cm³/mol. The van der Waals surface area contributed by atoms with Crippen LogP contribution in [0.5, 0.6) is 5.75 Å². The summed E-state index contributed by atoms with van der Waals surface area (Å²) in [6.07, 6.45) is 8.62. The van der Waals surface area contributed by atoms with Crippen molar-refractivity contribution in [3.8, 4) is 16.9 Å². The lowest BCUT2D eigenvalue weighted by atomic mass is 10.1. The number of methoxy groups -OCH3 is 1. The van der Waals surface area contributed by atoms with E-state index in [2.05, 4.69) is 15.7 Å². The molecule has 4 rings (SSSR count). The zero-order valence-corrected chi connectivity index (χ0v) is 19.6. The number of nitrogens with two attached hydrogens (primary N) is 3. The van der Waals surface area contributed by atoms with Crippen LogP contribution in [0.1, 0.15) is 31.7 Å². The van der Waals surface area contributed by atoms with Crippen LogP contribution in [-0.4, -0.2) is 41.9 Å². The molecule has 0 unspecified atom stereocenters. The molecule has 1 aromatic carbocycles. The summed E-state index contributed by atoms with van der Waals surface area (Å²) in [4.78, 5) is 23.9. The molecule has 2 aliphatic rings. The first-order valence-corrected chi connectivity index (χ1v) is 11.5. The van der Waals surface area contributed by atoms with Crippen LogP contribution in [0.25, 0.3) is 11.1 Å².